The van der Waals surface area contributed by atoms with Crippen molar-refractivity contribution in [2.75, 3.05) is 11.4 Å². The number of hydrogen-bond donors (Lipinski definition) is 1. The third kappa shape index (κ3) is 2.58. The lowest BCUT2D eigenvalue weighted by Crippen LogP contribution is -2.28. The highest BCUT2D eigenvalue weighted by molar-refractivity contribution is 9.10. The van der Waals surface area contributed by atoms with Crippen LogP contribution < -0.4 is 10.6 Å². The van der Waals surface area contributed by atoms with Crippen molar-refractivity contribution >= 4 is 39.1 Å². The summed E-state index contributed by atoms with van der Waals surface area (Å²) in [5.41, 5.74) is 5.60. The van der Waals surface area contributed by atoms with Gasteiger partial charge < -0.3 is 10.6 Å². The Kier molecular flexibility index (Phi) is 3.52. The van der Waals surface area contributed by atoms with E-state index in [2.05, 4.69) is 15.9 Å². The Bertz CT molecular complexity index is 575. The number of anilines is 1. The average Bonchev–Trinajstić information content (AvgIpc) is 2.71. The van der Waals surface area contributed by atoms with Gasteiger partial charge in [-0.3, -0.25) is 19.7 Å². The SMILES string of the molecule is NC(=O)C1CC(=O)N(c2ccc([N+](=O)[O-])c(Br)c2)C1. The van der Waals surface area contributed by atoms with Gasteiger partial charge in [-0.1, -0.05) is 0 Å². The molecule has 1 fully saturated rings. The molecule has 2 amide bonds. The molecule has 100 valence electrons. The third-order valence-electron chi connectivity index (χ3n) is 2.97. The van der Waals surface area contributed by atoms with Gasteiger partial charge in [0.25, 0.3) is 5.69 Å². The van der Waals surface area contributed by atoms with Gasteiger partial charge in [0.1, 0.15) is 0 Å². The standard InChI is InChI=1S/C11H10BrN3O4/c12-8-4-7(1-2-9(8)15(18)19)14-5-6(11(13)17)3-10(14)16/h1-2,4,6H,3,5H2,(H2,13,17). The van der Waals surface area contributed by atoms with Gasteiger partial charge in [0.15, 0.2) is 0 Å². The topological polar surface area (TPSA) is 107 Å². The van der Waals surface area contributed by atoms with Gasteiger partial charge in [-0.2, -0.15) is 0 Å². The van der Waals surface area contributed by atoms with E-state index in [4.69, 9.17) is 5.73 Å². The molecule has 8 heteroatoms. The first-order valence-corrected chi connectivity index (χ1v) is 6.23. The first kappa shape index (κ1) is 13.5. The highest BCUT2D eigenvalue weighted by Crippen LogP contribution is 2.32. The van der Waals surface area contributed by atoms with Crippen LogP contribution in [0.25, 0.3) is 0 Å². The molecule has 1 aliphatic rings. The summed E-state index contributed by atoms with van der Waals surface area (Å²) >= 11 is 3.09. The zero-order valence-corrected chi connectivity index (χ0v) is 11.3. The molecule has 1 aliphatic heterocycles. The van der Waals surface area contributed by atoms with Crippen LogP contribution in [0.5, 0.6) is 0 Å². The molecule has 1 saturated heterocycles. The van der Waals surface area contributed by atoms with Crippen molar-refractivity contribution < 1.29 is 14.5 Å². The smallest absolute Gasteiger partial charge is 0.283 e. The van der Waals surface area contributed by atoms with Crippen molar-refractivity contribution in [3.63, 3.8) is 0 Å². The third-order valence-corrected chi connectivity index (χ3v) is 3.60. The Morgan fingerprint density at radius 2 is 2.21 bits per heavy atom. The summed E-state index contributed by atoms with van der Waals surface area (Å²) < 4.78 is 0.283. The fourth-order valence-corrected chi connectivity index (χ4v) is 2.47. The van der Waals surface area contributed by atoms with Gasteiger partial charge in [0, 0.05) is 24.7 Å². The Labute approximate surface area is 116 Å². The fourth-order valence-electron chi connectivity index (χ4n) is 1.96. The Hall–Kier alpha value is -1.96. The van der Waals surface area contributed by atoms with Gasteiger partial charge >= 0.3 is 0 Å². The van der Waals surface area contributed by atoms with Crippen LogP contribution >= 0.6 is 15.9 Å². The van der Waals surface area contributed by atoms with Gasteiger partial charge in [-0.25, -0.2) is 0 Å². The lowest BCUT2D eigenvalue weighted by atomic mass is 10.1. The number of carbonyl (C=O) groups is 2. The summed E-state index contributed by atoms with van der Waals surface area (Å²) in [5, 5.41) is 10.7. The van der Waals surface area contributed by atoms with E-state index in [1.165, 1.54) is 23.1 Å². The number of hydrogen-bond acceptors (Lipinski definition) is 4. The van der Waals surface area contributed by atoms with E-state index >= 15 is 0 Å². The second-order valence-corrected chi connectivity index (χ2v) is 5.05. The van der Waals surface area contributed by atoms with Crippen molar-refractivity contribution in [2.24, 2.45) is 11.7 Å². The molecule has 0 radical (unpaired) electrons. The summed E-state index contributed by atoms with van der Waals surface area (Å²) in [7, 11) is 0. The summed E-state index contributed by atoms with van der Waals surface area (Å²) in [6.45, 7) is 0.207. The van der Waals surface area contributed by atoms with Crippen molar-refractivity contribution in [2.45, 2.75) is 6.42 Å². The van der Waals surface area contributed by atoms with Crippen molar-refractivity contribution in [3.8, 4) is 0 Å². The maximum Gasteiger partial charge on any atom is 0.283 e. The predicted molar refractivity (Wildman–Crippen MR) is 70.5 cm³/mol. The minimum Gasteiger partial charge on any atom is -0.369 e. The number of primary amides is 1. The number of amides is 2. The van der Waals surface area contributed by atoms with Crippen LogP contribution in [-0.2, 0) is 9.59 Å². The summed E-state index contributed by atoms with van der Waals surface area (Å²) in [4.78, 5) is 34.4. The highest BCUT2D eigenvalue weighted by Gasteiger charge is 2.34. The normalized spacial score (nSPS) is 18.7. The van der Waals surface area contributed by atoms with Crippen LogP contribution in [0.1, 0.15) is 6.42 Å². The molecule has 2 rings (SSSR count). The molecular formula is C11H10BrN3O4. The number of carbonyl (C=O) groups excluding carboxylic acids is 2. The molecule has 0 aromatic heterocycles. The lowest BCUT2D eigenvalue weighted by Gasteiger charge is -2.16. The van der Waals surface area contributed by atoms with E-state index in [-0.39, 0.29) is 29.0 Å². The monoisotopic (exact) mass is 327 g/mol. The van der Waals surface area contributed by atoms with Crippen molar-refractivity contribution in [1.82, 2.24) is 0 Å². The number of nitrogens with zero attached hydrogens (tertiary/aromatic N) is 2. The van der Waals surface area contributed by atoms with E-state index in [1.807, 2.05) is 0 Å². The Morgan fingerprint density at radius 3 is 2.68 bits per heavy atom. The second kappa shape index (κ2) is 4.96. The van der Waals surface area contributed by atoms with Crippen LogP contribution in [0.2, 0.25) is 0 Å². The first-order chi connectivity index (χ1) is 8.90. The molecule has 1 atom stereocenters. The minimum absolute atomic E-state index is 0.0734. The number of halogens is 1. The van der Waals surface area contributed by atoms with E-state index in [0.29, 0.717) is 5.69 Å². The van der Waals surface area contributed by atoms with Crippen LogP contribution in [0.15, 0.2) is 22.7 Å². The van der Waals surface area contributed by atoms with Gasteiger partial charge in [-0.15, -0.1) is 0 Å². The summed E-state index contributed by atoms with van der Waals surface area (Å²) in [6.07, 6.45) is 0.0734. The zero-order valence-electron chi connectivity index (χ0n) is 9.71. The summed E-state index contributed by atoms with van der Waals surface area (Å²) in [5.74, 6) is -1.25. The highest BCUT2D eigenvalue weighted by atomic mass is 79.9. The fraction of sp³-hybridized carbons (Fsp3) is 0.273. The van der Waals surface area contributed by atoms with Gasteiger partial charge in [0.2, 0.25) is 11.8 Å². The van der Waals surface area contributed by atoms with Crippen LogP contribution in [0.4, 0.5) is 11.4 Å². The molecule has 1 aromatic rings. The number of nitrogens with two attached hydrogens (primary N) is 1. The lowest BCUT2D eigenvalue weighted by molar-refractivity contribution is -0.385. The molecule has 1 heterocycles. The average molecular weight is 328 g/mol. The van der Waals surface area contributed by atoms with Crippen LogP contribution in [0.3, 0.4) is 0 Å². The molecule has 0 aliphatic carbocycles. The quantitative estimate of drug-likeness (QED) is 0.664. The largest absolute Gasteiger partial charge is 0.369 e. The molecule has 1 unspecified atom stereocenters. The maximum absolute atomic E-state index is 11.8. The molecule has 0 saturated carbocycles. The molecular weight excluding hydrogens is 318 g/mol. The molecule has 19 heavy (non-hydrogen) atoms. The Morgan fingerprint density at radius 1 is 1.53 bits per heavy atom. The number of rotatable bonds is 3. The molecule has 2 N–H and O–H groups in total. The molecule has 0 spiro atoms. The van der Waals surface area contributed by atoms with E-state index in [1.54, 1.807) is 0 Å². The van der Waals surface area contributed by atoms with Gasteiger partial charge in [-0.05, 0) is 28.1 Å². The van der Waals surface area contributed by atoms with Crippen molar-refractivity contribution in [3.05, 3.63) is 32.8 Å². The van der Waals surface area contributed by atoms with Crippen LogP contribution in [0, 0.1) is 16.0 Å². The second-order valence-electron chi connectivity index (χ2n) is 4.20. The Balaban J connectivity index is 2.28. The predicted octanol–water partition coefficient (Wildman–Crippen LogP) is 1.20. The van der Waals surface area contributed by atoms with E-state index in [9.17, 15) is 19.7 Å². The van der Waals surface area contributed by atoms with E-state index < -0.39 is 16.7 Å². The van der Waals surface area contributed by atoms with Crippen molar-refractivity contribution in [1.29, 1.82) is 0 Å². The molecule has 1 aromatic carbocycles. The maximum atomic E-state index is 11.8. The first-order valence-electron chi connectivity index (χ1n) is 5.43. The number of benzene rings is 1. The number of nitro groups is 1. The zero-order chi connectivity index (χ0) is 14.2. The summed E-state index contributed by atoms with van der Waals surface area (Å²) in [6, 6.07) is 4.27. The molecule has 7 nitrogen and oxygen atoms in total. The minimum atomic E-state index is -0.522. The molecule has 0 bridgehead atoms. The van der Waals surface area contributed by atoms with Crippen LogP contribution in [-0.4, -0.2) is 23.3 Å². The number of nitro benzene ring substituents is 1. The van der Waals surface area contributed by atoms with Gasteiger partial charge in [0.05, 0.1) is 15.3 Å². The van der Waals surface area contributed by atoms with E-state index in [0.717, 1.165) is 0 Å².